The number of furan rings is 1. The van der Waals surface area contributed by atoms with Crippen LogP contribution in [0.1, 0.15) is 38.4 Å². The second kappa shape index (κ2) is 10.7. The Hall–Kier alpha value is -2.16. The predicted octanol–water partition coefficient (Wildman–Crippen LogP) is 3.28. The Morgan fingerprint density at radius 2 is 1.97 bits per heavy atom. The van der Waals surface area contributed by atoms with Crippen molar-refractivity contribution in [2.75, 3.05) is 26.2 Å². The molecule has 0 saturated carbocycles. The molecule has 0 radical (unpaired) electrons. The smallest absolute Gasteiger partial charge is 0.243 e. The van der Waals surface area contributed by atoms with Crippen molar-refractivity contribution >= 4 is 15.9 Å². The number of unbranched alkanes of at least 4 members (excludes halogenated alkanes) is 1. The van der Waals surface area contributed by atoms with Crippen molar-refractivity contribution in [3.63, 3.8) is 0 Å². The fourth-order valence-corrected chi connectivity index (χ4v) is 4.94. The summed E-state index contributed by atoms with van der Waals surface area (Å²) in [5.41, 5.74) is 0. The van der Waals surface area contributed by atoms with Gasteiger partial charge in [0.25, 0.3) is 0 Å². The van der Waals surface area contributed by atoms with Gasteiger partial charge in [-0.2, -0.15) is 4.31 Å². The van der Waals surface area contributed by atoms with Crippen LogP contribution < -0.4 is 0 Å². The zero-order valence-corrected chi connectivity index (χ0v) is 18.2. The molecule has 2 aromatic rings. The van der Waals surface area contributed by atoms with Gasteiger partial charge in [-0.3, -0.25) is 4.79 Å². The molecule has 1 aliphatic rings. The standard InChI is InChI=1S/C22H30N2O5S/c1-2-3-13-24(30(26,27)21-11-5-4-6-12-21)18-22(25)23(16-19-9-7-14-28-19)17-20-10-8-15-29-20/h4-7,9,11-12,14,20H,2-3,8,10,13,15-18H2,1H3/t20-/m1/s1. The maximum atomic E-state index is 13.2. The van der Waals surface area contributed by atoms with Crippen LogP contribution in [0.5, 0.6) is 0 Å². The van der Waals surface area contributed by atoms with Crippen LogP contribution >= 0.6 is 0 Å². The van der Waals surface area contributed by atoms with Crippen molar-refractivity contribution in [2.24, 2.45) is 0 Å². The summed E-state index contributed by atoms with van der Waals surface area (Å²) in [6.07, 6.45) is 4.92. The van der Waals surface area contributed by atoms with Crippen LogP contribution in [0.2, 0.25) is 0 Å². The van der Waals surface area contributed by atoms with Crippen molar-refractivity contribution in [1.82, 2.24) is 9.21 Å². The highest BCUT2D eigenvalue weighted by Crippen LogP contribution is 2.19. The van der Waals surface area contributed by atoms with E-state index in [1.807, 2.05) is 13.0 Å². The van der Waals surface area contributed by atoms with E-state index >= 15 is 0 Å². The number of nitrogens with zero attached hydrogens (tertiary/aromatic N) is 2. The fourth-order valence-electron chi connectivity index (χ4n) is 3.49. The van der Waals surface area contributed by atoms with E-state index in [2.05, 4.69) is 0 Å². The number of benzene rings is 1. The molecule has 7 nitrogen and oxygen atoms in total. The Kier molecular flexibility index (Phi) is 8.07. The molecule has 1 saturated heterocycles. The highest BCUT2D eigenvalue weighted by molar-refractivity contribution is 7.89. The molecule has 0 unspecified atom stereocenters. The molecule has 164 valence electrons. The highest BCUT2D eigenvalue weighted by atomic mass is 32.2. The maximum Gasteiger partial charge on any atom is 0.243 e. The van der Waals surface area contributed by atoms with Crippen molar-refractivity contribution in [3.05, 3.63) is 54.5 Å². The first-order chi connectivity index (χ1) is 14.5. The lowest BCUT2D eigenvalue weighted by Crippen LogP contribution is -2.45. The van der Waals surface area contributed by atoms with Crippen LogP contribution in [0.25, 0.3) is 0 Å². The van der Waals surface area contributed by atoms with E-state index in [0.717, 1.165) is 19.3 Å². The van der Waals surface area contributed by atoms with E-state index < -0.39 is 10.0 Å². The quantitative estimate of drug-likeness (QED) is 0.542. The van der Waals surface area contributed by atoms with Gasteiger partial charge in [0, 0.05) is 19.7 Å². The second-order valence-corrected chi connectivity index (χ2v) is 9.43. The highest BCUT2D eigenvalue weighted by Gasteiger charge is 2.30. The summed E-state index contributed by atoms with van der Waals surface area (Å²) in [4.78, 5) is 15.1. The number of sulfonamides is 1. The van der Waals surface area contributed by atoms with Crippen molar-refractivity contribution in [3.8, 4) is 0 Å². The van der Waals surface area contributed by atoms with Gasteiger partial charge in [-0.1, -0.05) is 31.5 Å². The van der Waals surface area contributed by atoms with Gasteiger partial charge >= 0.3 is 0 Å². The number of ether oxygens (including phenoxy) is 1. The molecule has 2 heterocycles. The van der Waals surface area contributed by atoms with Gasteiger partial charge in [0.1, 0.15) is 5.76 Å². The third kappa shape index (κ3) is 5.93. The Bertz CT molecular complexity index is 878. The topological polar surface area (TPSA) is 80.1 Å². The summed E-state index contributed by atoms with van der Waals surface area (Å²) in [7, 11) is -3.76. The van der Waals surface area contributed by atoms with Gasteiger partial charge in [0.2, 0.25) is 15.9 Å². The predicted molar refractivity (Wildman–Crippen MR) is 113 cm³/mol. The van der Waals surface area contributed by atoms with Gasteiger partial charge in [-0.25, -0.2) is 8.42 Å². The molecule has 0 aliphatic carbocycles. The van der Waals surface area contributed by atoms with Crippen LogP contribution in [-0.2, 0) is 26.1 Å². The number of hydrogen-bond donors (Lipinski definition) is 0. The van der Waals surface area contributed by atoms with Gasteiger partial charge in [-0.15, -0.1) is 0 Å². The van der Waals surface area contributed by atoms with Crippen LogP contribution in [0.3, 0.4) is 0 Å². The van der Waals surface area contributed by atoms with Gasteiger partial charge < -0.3 is 14.1 Å². The van der Waals surface area contributed by atoms with E-state index in [-0.39, 0.29) is 23.5 Å². The number of amides is 1. The molecule has 0 bridgehead atoms. The van der Waals surface area contributed by atoms with E-state index in [1.54, 1.807) is 47.6 Å². The van der Waals surface area contributed by atoms with E-state index in [9.17, 15) is 13.2 Å². The molecule has 30 heavy (non-hydrogen) atoms. The first kappa shape index (κ1) is 22.5. The minimum absolute atomic E-state index is 0.0289. The van der Waals surface area contributed by atoms with Gasteiger partial charge in [0.05, 0.1) is 30.4 Å². The van der Waals surface area contributed by atoms with E-state index in [1.165, 1.54) is 4.31 Å². The molecule has 8 heteroatoms. The molecule has 1 fully saturated rings. The molecule has 0 N–H and O–H groups in total. The number of carbonyl (C=O) groups excluding carboxylic acids is 1. The number of hydrogen-bond acceptors (Lipinski definition) is 5. The molecule has 0 spiro atoms. The van der Waals surface area contributed by atoms with Crippen LogP contribution in [-0.4, -0.2) is 55.9 Å². The SMILES string of the molecule is CCCCN(CC(=O)N(Cc1ccco1)C[C@H]1CCCO1)S(=O)(=O)c1ccccc1. The average molecular weight is 435 g/mol. The lowest BCUT2D eigenvalue weighted by atomic mass is 10.2. The second-order valence-electron chi connectivity index (χ2n) is 7.49. The van der Waals surface area contributed by atoms with Crippen molar-refractivity contribution < 1.29 is 22.4 Å². The minimum Gasteiger partial charge on any atom is -0.467 e. The lowest BCUT2D eigenvalue weighted by molar-refractivity contribution is -0.134. The summed E-state index contributed by atoms with van der Waals surface area (Å²) >= 11 is 0. The van der Waals surface area contributed by atoms with Crippen molar-refractivity contribution in [1.29, 1.82) is 0 Å². The lowest BCUT2D eigenvalue weighted by Gasteiger charge is -2.28. The average Bonchev–Trinajstić information content (AvgIpc) is 3.45. The Morgan fingerprint density at radius 3 is 2.60 bits per heavy atom. The molecule has 1 aliphatic heterocycles. The summed E-state index contributed by atoms with van der Waals surface area (Å²) in [6.45, 7) is 3.50. The summed E-state index contributed by atoms with van der Waals surface area (Å²) in [6, 6.07) is 11.9. The maximum absolute atomic E-state index is 13.2. The third-order valence-corrected chi connectivity index (χ3v) is 7.04. The third-order valence-electron chi connectivity index (χ3n) is 5.18. The summed E-state index contributed by atoms with van der Waals surface area (Å²) < 4.78 is 38.8. The van der Waals surface area contributed by atoms with E-state index in [0.29, 0.717) is 38.4 Å². The first-order valence-electron chi connectivity index (χ1n) is 10.5. The van der Waals surface area contributed by atoms with Crippen LogP contribution in [0.4, 0.5) is 0 Å². The normalized spacial score (nSPS) is 16.8. The number of carbonyl (C=O) groups is 1. The largest absolute Gasteiger partial charge is 0.467 e. The zero-order chi connectivity index (χ0) is 21.4. The van der Waals surface area contributed by atoms with Crippen molar-refractivity contribution in [2.45, 2.75) is 50.2 Å². The minimum atomic E-state index is -3.76. The molecule has 1 atom stereocenters. The fraction of sp³-hybridized carbons (Fsp3) is 0.500. The first-order valence-corrected chi connectivity index (χ1v) is 11.9. The molecule has 1 amide bonds. The molecular formula is C22H30N2O5S. The van der Waals surface area contributed by atoms with Crippen LogP contribution in [0, 0.1) is 0 Å². The Labute approximate surface area is 178 Å². The molecule has 3 rings (SSSR count). The van der Waals surface area contributed by atoms with Crippen LogP contribution in [0.15, 0.2) is 58.0 Å². The monoisotopic (exact) mass is 434 g/mol. The van der Waals surface area contributed by atoms with E-state index in [4.69, 9.17) is 9.15 Å². The molecule has 1 aromatic carbocycles. The zero-order valence-electron chi connectivity index (χ0n) is 17.4. The Morgan fingerprint density at radius 1 is 1.17 bits per heavy atom. The van der Waals surface area contributed by atoms with Gasteiger partial charge in [0.15, 0.2) is 0 Å². The number of rotatable bonds is 11. The molecule has 1 aromatic heterocycles. The summed E-state index contributed by atoms with van der Waals surface area (Å²) in [5.74, 6) is 0.407. The van der Waals surface area contributed by atoms with Gasteiger partial charge in [-0.05, 0) is 43.5 Å². The Balaban J connectivity index is 1.78. The summed E-state index contributed by atoms with van der Waals surface area (Å²) in [5, 5.41) is 0. The molecular weight excluding hydrogens is 404 g/mol.